The third-order valence-corrected chi connectivity index (χ3v) is 4.44. The summed E-state index contributed by atoms with van der Waals surface area (Å²) in [6.45, 7) is 3.90. The van der Waals surface area contributed by atoms with Gasteiger partial charge in [0.05, 0.1) is 11.4 Å². The van der Waals surface area contributed by atoms with E-state index in [0.717, 1.165) is 17.1 Å². The molecule has 3 rings (SSSR count). The molecular weight excluding hydrogens is 356 g/mol. The van der Waals surface area contributed by atoms with E-state index in [0.29, 0.717) is 27.9 Å². The Morgan fingerprint density at radius 1 is 1.08 bits per heavy atom. The zero-order valence-electron chi connectivity index (χ0n) is 14.2. The largest absolute Gasteiger partial charge is 0.322 e. The molecule has 0 aliphatic rings. The average molecular weight is 373 g/mol. The van der Waals surface area contributed by atoms with Crippen LogP contribution in [0.1, 0.15) is 21.7 Å². The van der Waals surface area contributed by atoms with Gasteiger partial charge in [0.15, 0.2) is 0 Å². The van der Waals surface area contributed by atoms with Gasteiger partial charge in [0, 0.05) is 21.8 Å². The number of hydrogen-bond donors (Lipinski definition) is 1. The first-order valence-corrected chi connectivity index (χ1v) is 8.80. The number of amides is 1. The number of aromatic nitrogens is 2. The Morgan fingerprint density at radius 2 is 1.73 bits per heavy atom. The molecular formula is C19H17F2N3OS. The van der Waals surface area contributed by atoms with E-state index < -0.39 is 5.76 Å². The molecule has 0 spiro atoms. The molecule has 0 aliphatic carbocycles. The van der Waals surface area contributed by atoms with E-state index in [4.69, 9.17) is 0 Å². The topological polar surface area (TPSA) is 46.9 Å². The summed E-state index contributed by atoms with van der Waals surface area (Å²) in [5.74, 6) is -2.73. The number of carbonyl (C=O) groups is 1. The van der Waals surface area contributed by atoms with Crippen LogP contribution in [0.2, 0.25) is 0 Å². The minimum Gasteiger partial charge on any atom is -0.322 e. The van der Waals surface area contributed by atoms with E-state index in [9.17, 15) is 13.6 Å². The summed E-state index contributed by atoms with van der Waals surface area (Å²) in [6, 6.07) is 15.4. The van der Waals surface area contributed by atoms with Crippen LogP contribution in [-0.4, -0.2) is 21.4 Å². The van der Waals surface area contributed by atoms with Gasteiger partial charge in [0.25, 0.3) is 11.7 Å². The van der Waals surface area contributed by atoms with Crippen LogP contribution in [0.5, 0.6) is 0 Å². The van der Waals surface area contributed by atoms with Gasteiger partial charge in [0.2, 0.25) is 0 Å². The quantitative estimate of drug-likeness (QED) is 0.636. The number of halogens is 2. The summed E-state index contributed by atoms with van der Waals surface area (Å²) < 4.78 is 26.5. The van der Waals surface area contributed by atoms with Gasteiger partial charge in [-0.05, 0) is 68.4 Å². The maximum Gasteiger partial charge on any atom is 0.288 e. The number of alkyl halides is 2. The maximum absolute atomic E-state index is 12.3. The smallest absolute Gasteiger partial charge is 0.288 e. The van der Waals surface area contributed by atoms with Crippen molar-refractivity contribution >= 4 is 23.4 Å². The molecule has 134 valence electrons. The number of rotatable bonds is 5. The summed E-state index contributed by atoms with van der Waals surface area (Å²) in [5.41, 5.74) is 3.87. The van der Waals surface area contributed by atoms with Gasteiger partial charge in [-0.25, -0.2) is 4.68 Å². The fourth-order valence-electron chi connectivity index (χ4n) is 2.57. The third-order valence-electron chi connectivity index (χ3n) is 3.72. The van der Waals surface area contributed by atoms with Crippen LogP contribution in [0.4, 0.5) is 14.5 Å². The molecule has 0 fully saturated rings. The standard InChI is InChI=1S/C19H17F2N3OS/c1-12-11-13(2)24(23-12)16-7-3-14(4-8-16)18(25)22-15-5-9-17(10-6-15)26-19(20)21/h3-11,19H,1-2H3,(H,22,25). The van der Waals surface area contributed by atoms with Gasteiger partial charge in [-0.2, -0.15) is 13.9 Å². The number of nitrogens with zero attached hydrogens (tertiary/aromatic N) is 2. The number of aryl methyl sites for hydroxylation is 2. The highest BCUT2D eigenvalue weighted by Gasteiger charge is 2.09. The molecule has 0 aliphatic heterocycles. The minimum atomic E-state index is -2.46. The second-order valence-corrected chi connectivity index (χ2v) is 6.81. The van der Waals surface area contributed by atoms with Crippen LogP contribution in [-0.2, 0) is 0 Å². The SMILES string of the molecule is Cc1cc(C)n(-c2ccc(C(=O)Nc3ccc(SC(F)F)cc3)cc2)n1. The predicted octanol–water partition coefficient (Wildman–Crippen LogP) is 5.06. The molecule has 0 saturated carbocycles. The minimum absolute atomic E-state index is 0.265. The summed E-state index contributed by atoms with van der Waals surface area (Å²) >= 11 is 0.470. The van der Waals surface area contributed by atoms with Crippen molar-refractivity contribution in [3.8, 4) is 5.69 Å². The third kappa shape index (κ3) is 4.29. The van der Waals surface area contributed by atoms with Gasteiger partial charge < -0.3 is 5.32 Å². The first-order chi connectivity index (χ1) is 12.4. The molecule has 0 bridgehead atoms. The molecule has 26 heavy (non-hydrogen) atoms. The van der Waals surface area contributed by atoms with Crippen molar-refractivity contribution in [2.45, 2.75) is 24.5 Å². The maximum atomic E-state index is 12.3. The Labute approximate surface area is 154 Å². The highest BCUT2D eigenvalue weighted by Crippen LogP contribution is 2.26. The lowest BCUT2D eigenvalue weighted by molar-refractivity contribution is 0.102. The number of carbonyl (C=O) groups excluding carboxylic acids is 1. The summed E-state index contributed by atoms with van der Waals surface area (Å²) in [7, 11) is 0. The molecule has 0 radical (unpaired) electrons. The zero-order valence-corrected chi connectivity index (χ0v) is 15.1. The lowest BCUT2D eigenvalue weighted by atomic mass is 10.2. The van der Waals surface area contributed by atoms with Gasteiger partial charge in [-0.3, -0.25) is 4.79 Å². The van der Waals surface area contributed by atoms with Crippen molar-refractivity contribution in [3.05, 3.63) is 71.5 Å². The normalized spacial score (nSPS) is 11.0. The Bertz CT molecular complexity index is 906. The molecule has 7 heteroatoms. The zero-order chi connectivity index (χ0) is 18.7. The van der Waals surface area contributed by atoms with E-state index in [2.05, 4.69) is 10.4 Å². The van der Waals surface area contributed by atoms with Crippen LogP contribution in [0.3, 0.4) is 0 Å². The number of benzene rings is 2. The number of hydrogen-bond acceptors (Lipinski definition) is 3. The Kier molecular flexibility index (Phi) is 5.37. The highest BCUT2D eigenvalue weighted by atomic mass is 32.2. The number of nitrogens with one attached hydrogen (secondary N) is 1. The summed E-state index contributed by atoms with van der Waals surface area (Å²) in [6.07, 6.45) is 0. The Morgan fingerprint density at radius 3 is 2.27 bits per heavy atom. The molecule has 0 atom stereocenters. The van der Waals surface area contributed by atoms with E-state index in [1.54, 1.807) is 36.4 Å². The van der Waals surface area contributed by atoms with E-state index in [1.165, 1.54) is 0 Å². The monoisotopic (exact) mass is 373 g/mol. The summed E-state index contributed by atoms with van der Waals surface area (Å²) in [5, 5.41) is 7.17. The van der Waals surface area contributed by atoms with Crippen molar-refractivity contribution in [2.75, 3.05) is 5.32 Å². The molecule has 1 heterocycles. The Balaban J connectivity index is 1.69. The molecule has 1 aromatic heterocycles. The van der Waals surface area contributed by atoms with Crippen molar-refractivity contribution in [2.24, 2.45) is 0 Å². The highest BCUT2D eigenvalue weighted by molar-refractivity contribution is 7.99. The van der Waals surface area contributed by atoms with Crippen molar-refractivity contribution in [1.82, 2.24) is 9.78 Å². The molecule has 3 aromatic rings. The van der Waals surface area contributed by atoms with Crippen LogP contribution in [0.25, 0.3) is 5.69 Å². The number of thioether (sulfide) groups is 1. The first kappa shape index (κ1) is 18.1. The van der Waals surface area contributed by atoms with Crippen LogP contribution in [0.15, 0.2) is 59.5 Å². The first-order valence-electron chi connectivity index (χ1n) is 7.92. The van der Waals surface area contributed by atoms with Gasteiger partial charge in [-0.15, -0.1) is 0 Å². The van der Waals surface area contributed by atoms with Gasteiger partial charge >= 0.3 is 0 Å². The van der Waals surface area contributed by atoms with Crippen molar-refractivity contribution < 1.29 is 13.6 Å². The van der Waals surface area contributed by atoms with Crippen molar-refractivity contribution in [3.63, 3.8) is 0 Å². The van der Waals surface area contributed by atoms with Crippen molar-refractivity contribution in [1.29, 1.82) is 0 Å². The number of anilines is 1. The molecule has 2 aromatic carbocycles. The van der Waals surface area contributed by atoms with E-state index in [1.807, 2.05) is 36.7 Å². The predicted molar refractivity (Wildman–Crippen MR) is 99.3 cm³/mol. The summed E-state index contributed by atoms with van der Waals surface area (Å²) in [4.78, 5) is 12.8. The lowest BCUT2D eigenvalue weighted by Gasteiger charge is -2.08. The van der Waals surface area contributed by atoms with Crippen LogP contribution < -0.4 is 5.32 Å². The molecule has 1 amide bonds. The van der Waals surface area contributed by atoms with Crippen LogP contribution in [0, 0.1) is 13.8 Å². The van der Waals surface area contributed by atoms with Crippen LogP contribution >= 0.6 is 11.8 Å². The lowest BCUT2D eigenvalue weighted by Crippen LogP contribution is -2.12. The fourth-order valence-corrected chi connectivity index (χ4v) is 3.07. The molecule has 0 unspecified atom stereocenters. The molecule has 1 N–H and O–H groups in total. The molecule has 0 saturated heterocycles. The average Bonchev–Trinajstić information content (AvgIpc) is 2.94. The second kappa shape index (κ2) is 7.70. The van der Waals surface area contributed by atoms with Gasteiger partial charge in [0.1, 0.15) is 0 Å². The van der Waals surface area contributed by atoms with E-state index >= 15 is 0 Å². The van der Waals surface area contributed by atoms with Gasteiger partial charge in [-0.1, -0.05) is 11.8 Å². The fraction of sp³-hybridized carbons (Fsp3) is 0.158. The molecule has 4 nitrogen and oxygen atoms in total. The van der Waals surface area contributed by atoms with E-state index in [-0.39, 0.29) is 5.91 Å². The second-order valence-electron chi connectivity index (χ2n) is 5.74. The Hall–Kier alpha value is -2.67.